The van der Waals surface area contributed by atoms with E-state index in [1.165, 1.54) is 5.39 Å². The van der Waals surface area contributed by atoms with Gasteiger partial charge in [0.25, 0.3) is 5.91 Å². The highest BCUT2D eigenvalue weighted by molar-refractivity contribution is 7.21. The Balaban J connectivity index is 1.83. The fraction of sp³-hybridized carbons (Fsp3) is 0.545. The van der Waals surface area contributed by atoms with Crippen LogP contribution in [0.1, 0.15) is 55.3 Å². The predicted octanol–water partition coefficient (Wildman–Crippen LogP) is 3.70. The summed E-state index contributed by atoms with van der Waals surface area (Å²) in [6.07, 6.45) is 0.980. The maximum absolute atomic E-state index is 12.9. The summed E-state index contributed by atoms with van der Waals surface area (Å²) in [5.74, 6) is 0.496. The molecule has 152 valence electrons. The standard InChI is InChI=1S/C22H31N3O2S/c1-5-25(6-2)19(26)14-24-12-11-16(13-24)20-17-9-7-8-10-18(17)28-21(20)22(27)23-15(3)4/h7-10,15-16H,5-6,11-14H2,1-4H3,(H,23,27)/t16-/m1/s1. The van der Waals surface area contributed by atoms with Gasteiger partial charge in [0.05, 0.1) is 11.4 Å². The molecule has 2 heterocycles. The average molecular weight is 402 g/mol. The van der Waals surface area contributed by atoms with Crippen LogP contribution in [0.4, 0.5) is 0 Å². The minimum Gasteiger partial charge on any atom is -0.349 e. The van der Waals surface area contributed by atoms with Crippen LogP contribution < -0.4 is 5.32 Å². The van der Waals surface area contributed by atoms with Crippen LogP contribution in [0.15, 0.2) is 24.3 Å². The second kappa shape index (κ2) is 9.05. The van der Waals surface area contributed by atoms with E-state index in [9.17, 15) is 9.59 Å². The number of nitrogens with one attached hydrogen (secondary N) is 1. The summed E-state index contributed by atoms with van der Waals surface area (Å²) < 4.78 is 1.16. The molecule has 6 heteroatoms. The number of rotatable bonds is 7. The summed E-state index contributed by atoms with van der Waals surface area (Å²) in [6, 6.07) is 8.39. The summed E-state index contributed by atoms with van der Waals surface area (Å²) in [5, 5.41) is 4.24. The van der Waals surface area contributed by atoms with Gasteiger partial charge in [-0.2, -0.15) is 0 Å². The lowest BCUT2D eigenvalue weighted by atomic mass is 9.95. The van der Waals surface area contributed by atoms with E-state index in [4.69, 9.17) is 0 Å². The number of hydrogen-bond acceptors (Lipinski definition) is 4. The maximum Gasteiger partial charge on any atom is 0.261 e. The molecule has 2 amide bonds. The largest absolute Gasteiger partial charge is 0.349 e. The molecule has 0 saturated carbocycles. The van der Waals surface area contributed by atoms with Crippen LogP contribution >= 0.6 is 11.3 Å². The highest BCUT2D eigenvalue weighted by Crippen LogP contribution is 2.40. The van der Waals surface area contributed by atoms with Gasteiger partial charge < -0.3 is 10.2 Å². The molecule has 0 bridgehead atoms. The monoisotopic (exact) mass is 401 g/mol. The van der Waals surface area contributed by atoms with Gasteiger partial charge in [-0.25, -0.2) is 0 Å². The molecule has 1 atom stereocenters. The molecule has 0 radical (unpaired) electrons. The SMILES string of the molecule is CCN(CC)C(=O)CN1CC[C@@H](c2c(C(=O)NC(C)C)sc3ccccc23)C1. The number of hydrogen-bond donors (Lipinski definition) is 1. The lowest BCUT2D eigenvalue weighted by molar-refractivity contribution is -0.131. The summed E-state index contributed by atoms with van der Waals surface area (Å²) in [4.78, 5) is 30.3. The van der Waals surface area contributed by atoms with Crippen LogP contribution in [-0.2, 0) is 4.79 Å². The fourth-order valence-electron chi connectivity index (χ4n) is 4.05. The highest BCUT2D eigenvalue weighted by Gasteiger charge is 2.31. The van der Waals surface area contributed by atoms with Gasteiger partial charge in [-0.15, -0.1) is 11.3 Å². The Morgan fingerprint density at radius 2 is 1.96 bits per heavy atom. The molecule has 1 aliphatic heterocycles. The van der Waals surface area contributed by atoms with Crippen LogP contribution in [0.3, 0.4) is 0 Å². The van der Waals surface area contributed by atoms with Crippen LogP contribution in [0, 0.1) is 0 Å². The molecular formula is C22H31N3O2S. The fourth-order valence-corrected chi connectivity index (χ4v) is 5.24. The Hall–Kier alpha value is -1.92. The zero-order valence-electron chi connectivity index (χ0n) is 17.3. The molecule has 28 heavy (non-hydrogen) atoms. The minimum atomic E-state index is 0.0175. The molecule has 1 aromatic carbocycles. The zero-order chi connectivity index (χ0) is 20.3. The average Bonchev–Trinajstić information content (AvgIpc) is 3.26. The summed E-state index contributed by atoms with van der Waals surface area (Å²) in [6.45, 7) is 11.7. The molecule has 0 spiro atoms. The van der Waals surface area contributed by atoms with Crippen molar-refractivity contribution < 1.29 is 9.59 Å². The third-order valence-electron chi connectivity index (χ3n) is 5.42. The first-order chi connectivity index (χ1) is 13.4. The lowest BCUT2D eigenvalue weighted by Crippen LogP contribution is -2.39. The third-order valence-corrected chi connectivity index (χ3v) is 6.60. The highest BCUT2D eigenvalue weighted by atomic mass is 32.1. The number of carbonyl (C=O) groups excluding carboxylic acids is 2. The first-order valence-electron chi connectivity index (χ1n) is 10.3. The smallest absolute Gasteiger partial charge is 0.261 e. The van der Waals surface area contributed by atoms with E-state index in [0.717, 1.165) is 47.7 Å². The van der Waals surface area contributed by atoms with E-state index in [1.54, 1.807) is 11.3 Å². The second-order valence-electron chi connectivity index (χ2n) is 7.76. The number of likely N-dealkylation sites (N-methyl/N-ethyl adjacent to an activating group) is 1. The molecule has 1 fully saturated rings. The van der Waals surface area contributed by atoms with Crippen molar-refractivity contribution in [3.63, 3.8) is 0 Å². The van der Waals surface area contributed by atoms with E-state index < -0.39 is 0 Å². The number of benzene rings is 1. The van der Waals surface area contributed by atoms with E-state index in [-0.39, 0.29) is 23.8 Å². The van der Waals surface area contributed by atoms with Crippen LogP contribution in [-0.4, -0.2) is 60.4 Å². The van der Waals surface area contributed by atoms with Gasteiger partial charge in [0.15, 0.2) is 0 Å². The second-order valence-corrected chi connectivity index (χ2v) is 8.81. The normalized spacial score (nSPS) is 17.4. The summed E-state index contributed by atoms with van der Waals surface area (Å²) in [7, 11) is 0. The van der Waals surface area contributed by atoms with E-state index in [1.807, 2.05) is 44.7 Å². The van der Waals surface area contributed by atoms with Crippen molar-refractivity contribution in [3.8, 4) is 0 Å². The van der Waals surface area contributed by atoms with Crippen LogP contribution in [0.5, 0.6) is 0 Å². The van der Waals surface area contributed by atoms with Gasteiger partial charge in [0.2, 0.25) is 5.91 Å². The third kappa shape index (κ3) is 4.39. The van der Waals surface area contributed by atoms with Crippen molar-refractivity contribution in [1.29, 1.82) is 0 Å². The Kier molecular flexibility index (Phi) is 6.73. The van der Waals surface area contributed by atoms with Crippen molar-refractivity contribution in [2.45, 2.75) is 46.1 Å². The predicted molar refractivity (Wildman–Crippen MR) is 116 cm³/mol. The van der Waals surface area contributed by atoms with Crippen LogP contribution in [0.2, 0.25) is 0 Å². The zero-order valence-corrected chi connectivity index (χ0v) is 18.1. The number of thiophene rings is 1. The van der Waals surface area contributed by atoms with Gasteiger partial charge >= 0.3 is 0 Å². The van der Waals surface area contributed by atoms with E-state index in [0.29, 0.717) is 6.54 Å². The quantitative estimate of drug-likeness (QED) is 0.770. The van der Waals surface area contributed by atoms with Gasteiger partial charge in [-0.3, -0.25) is 14.5 Å². The molecule has 3 rings (SSSR count). The Morgan fingerprint density at radius 3 is 2.64 bits per heavy atom. The Bertz CT molecular complexity index is 841. The van der Waals surface area contributed by atoms with Crippen molar-refractivity contribution in [1.82, 2.24) is 15.1 Å². The number of fused-ring (bicyclic) bond motifs is 1. The first kappa shape index (κ1) is 20.8. The van der Waals surface area contributed by atoms with Gasteiger partial charge in [0, 0.05) is 36.3 Å². The Morgan fingerprint density at radius 1 is 1.25 bits per heavy atom. The molecule has 0 unspecified atom stereocenters. The van der Waals surface area contributed by atoms with E-state index >= 15 is 0 Å². The lowest BCUT2D eigenvalue weighted by Gasteiger charge is -2.23. The van der Waals surface area contributed by atoms with Crippen molar-refractivity contribution >= 4 is 33.2 Å². The Labute approximate surface area is 171 Å². The van der Waals surface area contributed by atoms with Crippen molar-refractivity contribution in [2.75, 3.05) is 32.7 Å². The molecule has 2 aromatic rings. The molecule has 5 nitrogen and oxygen atoms in total. The van der Waals surface area contributed by atoms with Crippen molar-refractivity contribution in [3.05, 3.63) is 34.7 Å². The first-order valence-corrected chi connectivity index (χ1v) is 11.1. The number of amides is 2. The minimum absolute atomic E-state index is 0.0175. The summed E-state index contributed by atoms with van der Waals surface area (Å²) >= 11 is 1.58. The van der Waals surface area contributed by atoms with Crippen LogP contribution in [0.25, 0.3) is 10.1 Å². The van der Waals surface area contributed by atoms with Gasteiger partial charge in [-0.05, 0) is 57.7 Å². The molecule has 1 N–H and O–H groups in total. The number of carbonyl (C=O) groups is 2. The molecule has 1 aliphatic rings. The molecule has 1 saturated heterocycles. The number of likely N-dealkylation sites (tertiary alicyclic amines) is 1. The van der Waals surface area contributed by atoms with E-state index in [2.05, 4.69) is 22.3 Å². The molecule has 0 aliphatic carbocycles. The number of nitrogens with zero attached hydrogens (tertiary/aromatic N) is 2. The van der Waals surface area contributed by atoms with Gasteiger partial charge in [-0.1, -0.05) is 18.2 Å². The van der Waals surface area contributed by atoms with Gasteiger partial charge in [0.1, 0.15) is 0 Å². The topological polar surface area (TPSA) is 52.7 Å². The molecular weight excluding hydrogens is 370 g/mol. The summed E-state index contributed by atoms with van der Waals surface area (Å²) in [5.41, 5.74) is 1.16. The van der Waals surface area contributed by atoms with Crippen molar-refractivity contribution in [2.24, 2.45) is 0 Å². The maximum atomic E-state index is 12.9. The molecule has 1 aromatic heterocycles.